The number of hydrogen-bond donors (Lipinski definition) is 3. The van der Waals surface area contributed by atoms with Crippen molar-refractivity contribution in [3.63, 3.8) is 0 Å². The lowest BCUT2D eigenvalue weighted by Gasteiger charge is -2.14. The van der Waals surface area contributed by atoms with Crippen LogP contribution in [0.15, 0.2) is 47.4 Å². The number of anilines is 2. The third-order valence-corrected chi connectivity index (χ3v) is 5.73. The molecule has 0 saturated carbocycles. The van der Waals surface area contributed by atoms with Gasteiger partial charge in [-0.15, -0.1) is 0 Å². The Labute approximate surface area is 184 Å². The van der Waals surface area contributed by atoms with Crippen molar-refractivity contribution in [1.29, 1.82) is 0 Å². The molecular formula is C20H21N3O8S. The first-order valence-electron chi connectivity index (χ1n) is 9.40. The van der Waals surface area contributed by atoms with Gasteiger partial charge in [0, 0.05) is 24.4 Å². The molecule has 1 heterocycles. The summed E-state index contributed by atoms with van der Waals surface area (Å²) in [4.78, 5) is 35.1. The van der Waals surface area contributed by atoms with E-state index in [1.54, 1.807) is 18.2 Å². The van der Waals surface area contributed by atoms with Crippen LogP contribution in [0.3, 0.4) is 0 Å². The van der Waals surface area contributed by atoms with Crippen LogP contribution in [0, 0.1) is 0 Å². The summed E-state index contributed by atoms with van der Waals surface area (Å²) in [6.07, 6.45) is 0. The first-order valence-corrected chi connectivity index (χ1v) is 10.9. The molecule has 2 amide bonds. The van der Waals surface area contributed by atoms with Crippen molar-refractivity contribution in [2.45, 2.75) is 24.8 Å². The zero-order chi connectivity index (χ0) is 23.3. The highest BCUT2D eigenvalue weighted by molar-refractivity contribution is 7.89. The van der Waals surface area contributed by atoms with Crippen molar-refractivity contribution in [2.75, 3.05) is 24.0 Å². The summed E-state index contributed by atoms with van der Waals surface area (Å²) in [5.74, 6) is -0.795. The number of rotatable bonds is 8. The van der Waals surface area contributed by atoms with Crippen molar-refractivity contribution >= 4 is 39.2 Å². The van der Waals surface area contributed by atoms with Crippen LogP contribution >= 0.6 is 0 Å². The van der Waals surface area contributed by atoms with Gasteiger partial charge in [0.15, 0.2) is 18.1 Å². The van der Waals surface area contributed by atoms with Crippen LogP contribution in [0.2, 0.25) is 0 Å². The van der Waals surface area contributed by atoms with E-state index in [1.807, 2.05) is 0 Å². The molecule has 170 valence electrons. The van der Waals surface area contributed by atoms with Crippen LogP contribution < -0.4 is 24.8 Å². The molecule has 0 saturated heterocycles. The van der Waals surface area contributed by atoms with Crippen LogP contribution in [0.25, 0.3) is 0 Å². The van der Waals surface area contributed by atoms with Crippen molar-refractivity contribution in [3.05, 3.63) is 42.5 Å². The Bertz CT molecular complexity index is 1130. The average Bonchev–Trinajstić information content (AvgIpc) is 3.19. The molecule has 1 aliphatic heterocycles. The van der Waals surface area contributed by atoms with Crippen molar-refractivity contribution in [3.8, 4) is 11.5 Å². The molecule has 1 aliphatic rings. The molecule has 12 heteroatoms. The molecular weight excluding hydrogens is 442 g/mol. The lowest BCUT2D eigenvalue weighted by molar-refractivity contribution is -0.148. The molecule has 0 fully saturated rings. The highest BCUT2D eigenvalue weighted by atomic mass is 32.2. The largest absolute Gasteiger partial charge is 0.454 e. The van der Waals surface area contributed by atoms with Crippen molar-refractivity contribution in [1.82, 2.24) is 4.72 Å². The molecule has 2 aromatic rings. The Morgan fingerprint density at radius 1 is 1.00 bits per heavy atom. The summed E-state index contributed by atoms with van der Waals surface area (Å²) in [6, 6.07) is 8.95. The van der Waals surface area contributed by atoms with Crippen molar-refractivity contribution < 1.29 is 37.0 Å². The van der Waals surface area contributed by atoms with E-state index in [-0.39, 0.29) is 17.6 Å². The Hall–Kier alpha value is -3.64. The van der Waals surface area contributed by atoms with Crippen LogP contribution in [0.5, 0.6) is 11.5 Å². The molecule has 11 nitrogen and oxygen atoms in total. The number of nitrogens with one attached hydrogen (secondary N) is 3. The molecule has 2 aromatic carbocycles. The molecule has 0 radical (unpaired) electrons. The number of benzene rings is 2. The van der Waals surface area contributed by atoms with E-state index in [9.17, 15) is 22.8 Å². The van der Waals surface area contributed by atoms with Gasteiger partial charge >= 0.3 is 5.97 Å². The first-order chi connectivity index (χ1) is 15.1. The summed E-state index contributed by atoms with van der Waals surface area (Å²) in [7, 11) is -4.03. The Morgan fingerprint density at radius 3 is 2.34 bits per heavy atom. The summed E-state index contributed by atoms with van der Waals surface area (Å²) in [5, 5.41) is 5.06. The van der Waals surface area contributed by atoms with Gasteiger partial charge in [0.05, 0.1) is 4.90 Å². The highest BCUT2D eigenvalue weighted by Gasteiger charge is 2.24. The summed E-state index contributed by atoms with van der Waals surface area (Å²) >= 11 is 0. The van der Waals surface area contributed by atoms with Gasteiger partial charge < -0.3 is 24.8 Å². The van der Waals surface area contributed by atoms with E-state index in [1.165, 1.54) is 38.1 Å². The zero-order valence-corrected chi connectivity index (χ0v) is 18.0. The highest BCUT2D eigenvalue weighted by Crippen LogP contribution is 2.34. The summed E-state index contributed by atoms with van der Waals surface area (Å²) in [5.41, 5.74) is 0.851. The van der Waals surface area contributed by atoms with E-state index < -0.39 is 34.5 Å². The van der Waals surface area contributed by atoms with E-state index in [2.05, 4.69) is 15.4 Å². The first kappa shape index (κ1) is 23.0. The maximum Gasteiger partial charge on any atom is 0.324 e. The van der Waals surface area contributed by atoms with Gasteiger partial charge in [-0.3, -0.25) is 14.4 Å². The second-order valence-electron chi connectivity index (χ2n) is 6.77. The molecule has 32 heavy (non-hydrogen) atoms. The van der Waals surface area contributed by atoms with Crippen LogP contribution in [-0.2, 0) is 29.1 Å². The molecule has 1 unspecified atom stereocenters. The predicted octanol–water partition coefficient (Wildman–Crippen LogP) is 1.22. The molecule has 1 atom stereocenters. The number of hydrogen-bond acceptors (Lipinski definition) is 8. The number of amides is 2. The van der Waals surface area contributed by atoms with Gasteiger partial charge in [0.2, 0.25) is 22.7 Å². The third kappa shape index (κ3) is 5.95. The summed E-state index contributed by atoms with van der Waals surface area (Å²) in [6.45, 7) is 2.11. The Morgan fingerprint density at radius 2 is 1.66 bits per heavy atom. The zero-order valence-electron chi connectivity index (χ0n) is 17.2. The number of sulfonamides is 1. The van der Waals surface area contributed by atoms with E-state index in [4.69, 9.17) is 14.2 Å². The Kier molecular flexibility index (Phi) is 6.95. The molecule has 3 N–H and O–H groups in total. The fourth-order valence-corrected chi connectivity index (χ4v) is 3.89. The third-order valence-electron chi connectivity index (χ3n) is 4.17. The van der Waals surface area contributed by atoms with Gasteiger partial charge in [-0.1, -0.05) is 0 Å². The van der Waals surface area contributed by atoms with Gasteiger partial charge in [-0.05, 0) is 43.3 Å². The maximum absolute atomic E-state index is 12.4. The SMILES string of the molecule is CC(=O)Nc1ccc(S(=O)(=O)NC(C)C(=O)OCC(=O)Nc2ccc3c(c2)OCO3)cc1. The lowest BCUT2D eigenvalue weighted by Crippen LogP contribution is -2.40. The number of carbonyl (C=O) groups excluding carboxylic acids is 3. The second kappa shape index (κ2) is 9.66. The standard InChI is InChI=1S/C20H21N3O8S/c1-12(23-32(27,28)16-6-3-14(4-7-16)21-13(2)24)20(26)29-10-19(25)22-15-5-8-17-18(9-15)31-11-30-17/h3-9,12,23H,10-11H2,1-2H3,(H,21,24)(H,22,25). The van der Waals surface area contributed by atoms with E-state index in [0.29, 0.717) is 22.9 Å². The maximum atomic E-state index is 12.4. The Balaban J connectivity index is 1.50. The minimum Gasteiger partial charge on any atom is -0.454 e. The molecule has 0 aliphatic carbocycles. The predicted molar refractivity (Wildman–Crippen MR) is 113 cm³/mol. The van der Waals surface area contributed by atoms with E-state index in [0.717, 1.165) is 0 Å². The minimum absolute atomic E-state index is 0.0948. The van der Waals surface area contributed by atoms with Crippen LogP contribution in [0.1, 0.15) is 13.8 Å². The normalized spacial score (nSPS) is 13.2. The smallest absolute Gasteiger partial charge is 0.324 e. The average molecular weight is 463 g/mol. The monoisotopic (exact) mass is 463 g/mol. The lowest BCUT2D eigenvalue weighted by atomic mass is 10.3. The fraction of sp³-hybridized carbons (Fsp3) is 0.250. The number of carbonyl (C=O) groups is 3. The van der Waals surface area contributed by atoms with E-state index >= 15 is 0 Å². The molecule has 0 spiro atoms. The van der Waals surface area contributed by atoms with Crippen molar-refractivity contribution in [2.24, 2.45) is 0 Å². The van der Waals surface area contributed by atoms with Gasteiger partial charge in [0.25, 0.3) is 5.91 Å². The molecule has 3 rings (SSSR count). The fourth-order valence-electron chi connectivity index (χ4n) is 2.70. The quantitative estimate of drug-likeness (QED) is 0.495. The van der Waals surface area contributed by atoms with Crippen LogP contribution in [0.4, 0.5) is 11.4 Å². The number of ether oxygens (including phenoxy) is 3. The van der Waals surface area contributed by atoms with Gasteiger partial charge in [0.1, 0.15) is 6.04 Å². The second-order valence-corrected chi connectivity index (χ2v) is 8.49. The molecule has 0 bridgehead atoms. The number of esters is 1. The van der Waals surface area contributed by atoms with Crippen LogP contribution in [-0.4, -0.2) is 45.6 Å². The van der Waals surface area contributed by atoms with Gasteiger partial charge in [-0.2, -0.15) is 4.72 Å². The summed E-state index contributed by atoms with van der Waals surface area (Å²) < 4.78 is 42.4. The molecule has 0 aromatic heterocycles. The topological polar surface area (TPSA) is 149 Å². The number of fused-ring (bicyclic) bond motifs is 1. The minimum atomic E-state index is -4.03. The van der Waals surface area contributed by atoms with Gasteiger partial charge in [-0.25, -0.2) is 8.42 Å².